The van der Waals surface area contributed by atoms with E-state index >= 15 is 0 Å². The zero-order chi connectivity index (χ0) is 14.4. The SMILES string of the molecule is CCCO[Si](CCCCCCl)(OCCC)OCCC. The molecule has 0 aliphatic heterocycles. The molecule has 0 aromatic rings. The Labute approximate surface area is 125 Å². The van der Waals surface area contributed by atoms with Gasteiger partial charge in [-0.05, 0) is 32.1 Å². The molecular weight excluding hydrogens is 280 g/mol. The summed E-state index contributed by atoms with van der Waals surface area (Å²) in [5.41, 5.74) is 0. The van der Waals surface area contributed by atoms with E-state index in [0.29, 0.717) is 0 Å². The van der Waals surface area contributed by atoms with Gasteiger partial charge in [0.05, 0.1) is 0 Å². The maximum absolute atomic E-state index is 6.02. The molecule has 3 nitrogen and oxygen atoms in total. The van der Waals surface area contributed by atoms with E-state index in [-0.39, 0.29) is 0 Å². The van der Waals surface area contributed by atoms with E-state index in [9.17, 15) is 0 Å². The van der Waals surface area contributed by atoms with Gasteiger partial charge >= 0.3 is 8.80 Å². The predicted molar refractivity (Wildman–Crippen MR) is 83.9 cm³/mol. The van der Waals surface area contributed by atoms with E-state index in [4.69, 9.17) is 24.9 Å². The van der Waals surface area contributed by atoms with Gasteiger partial charge in [-0.3, -0.25) is 0 Å². The van der Waals surface area contributed by atoms with E-state index in [2.05, 4.69) is 20.8 Å². The minimum Gasteiger partial charge on any atom is -0.373 e. The third kappa shape index (κ3) is 9.85. The molecule has 0 aromatic carbocycles. The van der Waals surface area contributed by atoms with Crippen molar-refractivity contribution in [3.63, 3.8) is 0 Å². The third-order valence-corrected chi connectivity index (χ3v) is 5.86. The van der Waals surface area contributed by atoms with Crippen LogP contribution in [0.25, 0.3) is 0 Å². The lowest BCUT2D eigenvalue weighted by Crippen LogP contribution is -2.46. The number of hydrogen-bond acceptors (Lipinski definition) is 3. The number of hydrogen-bond donors (Lipinski definition) is 0. The molecule has 0 N–H and O–H groups in total. The molecule has 0 aliphatic carbocycles. The normalized spacial score (nSPS) is 12.0. The van der Waals surface area contributed by atoms with Crippen molar-refractivity contribution in [2.75, 3.05) is 25.7 Å². The van der Waals surface area contributed by atoms with Crippen LogP contribution in [0, 0.1) is 0 Å². The number of rotatable bonds is 14. The first-order chi connectivity index (χ1) is 9.24. The summed E-state index contributed by atoms with van der Waals surface area (Å²) < 4.78 is 18.1. The zero-order valence-corrected chi connectivity index (χ0v) is 14.6. The van der Waals surface area contributed by atoms with E-state index in [1.165, 1.54) is 0 Å². The highest BCUT2D eigenvalue weighted by molar-refractivity contribution is 6.60. The molecule has 0 rings (SSSR count). The molecule has 19 heavy (non-hydrogen) atoms. The Kier molecular flexibility index (Phi) is 13.6. The van der Waals surface area contributed by atoms with Gasteiger partial charge in [-0.2, -0.15) is 0 Å². The van der Waals surface area contributed by atoms with Crippen molar-refractivity contribution in [1.82, 2.24) is 0 Å². The van der Waals surface area contributed by atoms with Gasteiger partial charge in [0.1, 0.15) is 0 Å². The Morgan fingerprint density at radius 1 is 0.737 bits per heavy atom. The van der Waals surface area contributed by atoms with Crippen LogP contribution < -0.4 is 0 Å². The lowest BCUT2D eigenvalue weighted by molar-refractivity contribution is 0.0586. The predicted octanol–water partition coefficient (Wildman–Crippen LogP) is 4.61. The van der Waals surface area contributed by atoms with Crippen molar-refractivity contribution in [3.05, 3.63) is 0 Å². The van der Waals surface area contributed by atoms with Crippen molar-refractivity contribution in [3.8, 4) is 0 Å². The Hall–Kier alpha value is 0.387. The van der Waals surface area contributed by atoms with Crippen LogP contribution in [-0.4, -0.2) is 34.5 Å². The average molecular weight is 311 g/mol. The zero-order valence-electron chi connectivity index (χ0n) is 12.9. The highest BCUT2D eigenvalue weighted by Gasteiger charge is 2.40. The molecule has 0 aromatic heterocycles. The fourth-order valence-electron chi connectivity index (χ4n) is 1.73. The van der Waals surface area contributed by atoms with Crippen LogP contribution >= 0.6 is 11.6 Å². The third-order valence-electron chi connectivity index (χ3n) is 2.69. The van der Waals surface area contributed by atoms with Crippen molar-refractivity contribution >= 4 is 20.4 Å². The Bertz CT molecular complexity index is 172. The minimum atomic E-state index is -2.45. The second-order valence-corrected chi connectivity index (χ2v) is 7.84. The van der Waals surface area contributed by atoms with Crippen LogP contribution in [-0.2, 0) is 13.3 Å². The second kappa shape index (κ2) is 13.4. The van der Waals surface area contributed by atoms with E-state index < -0.39 is 8.80 Å². The van der Waals surface area contributed by atoms with E-state index in [0.717, 1.165) is 70.3 Å². The molecule has 5 heteroatoms. The van der Waals surface area contributed by atoms with Crippen molar-refractivity contribution in [1.29, 1.82) is 0 Å². The molecule has 0 aliphatic rings. The lowest BCUT2D eigenvalue weighted by Gasteiger charge is -2.29. The van der Waals surface area contributed by atoms with Crippen LogP contribution in [0.3, 0.4) is 0 Å². The van der Waals surface area contributed by atoms with Crippen LogP contribution in [0.2, 0.25) is 6.04 Å². The number of alkyl halides is 1. The summed E-state index contributed by atoms with van der Waals surface area (Å²) in [6, 6.07) is 0.921. The Balaban J connectivity index is 4.38. The minimum absolute atomic E-state index is 0.731. The molecule has 0 saturated heterocycles. The van der Waals surface area contributed by atoms with Crippen LogP contribution in [0.4, 0.5) is 0 Å². The summed E-state index contributed by atoms with van der Waals surface area (Å²) in [7, 11) is -2.45. The molecule has 0 heterocycles. The summed E-state index contributed by atoms with van der Waals surface area (Å²) in [4.78, 5) is 0. The maximum atomic E-state index is 6.02. The standard InChI is InChI=1S/C14H31ClO3Si/c1-4-11-16-19(17-12-5-2,18-13-6-3)14-9-7-8-10-15/h4-14H2,1-3H3. The topological polar surface area (TPSA) is 27.7 Å². The van der Waals surface area contributed by atoms with Gasteiger partial charge in [-0.15, -0.1) is 11.6 Å². The molecule has 0 amide bonds. The van der Waals surface area contributed by atoms with Gasteiger partial charge in [-0.25, -0.2) is 0 Å². The van der Waals surface area contributed by atoms with Gasteiger partial charge in [0.15, 0.2) is 0 Å². The number of unbranched alkanes of at least 4 members (excludes halogenated alkanes) is 2. The molecule has 0 saturated carbocycles. The first kappa shape index (κ1) is 19.4. The first-order valence-corrected chi connectivity index (χ1v) is 10.2. The van der Waals surface area contributed by atoms with Gasteiger partial charge in [0.2, 0.25) is 0 Å². The fourth-order valence-corrected chi connectivity index (χ4v) is 4.83. The van der Waals surface area contributed by atoms with E-state index in [1.807, 2.05) is 0 Å². The van der Waals surface area contributed by atoms with E-state index in [1.54, 1.807) is 0 Å². The van der Waals surface area contributed by atoms with Crippen LogP contribution in [0.5, 0.6) is 0 Å². The molecular formula is C14H31ClO3Si. The van der Waals surface area contributed by atoms with Crippen molar-refractivity contribution in [2.45, 2.75) is 65.3 Å². The first-order valence-electron chi connectivity index (χ1n) is 7.72. The molecule has 0 radical (unpaired) electrons. The number of halogens is 1. The summed E-state index contributed by atoms with van der Waals surface area (Å²) in [6.07, 6.45) is 6.26. The van der Waals surface area contributed by atoms with Crippen LogP contribution in [0.15, 0.2) is 0 Å². The molecule has 0 spiro atoms. The summed E-state index contributed by atoms with van der Waals surface area (Å²) >= 11 is 5.72. The largest absolute Gasteiger partial charge is 0.500 e. The quantitative estimate of drug-likeness (QED) is 0.266. The lowest BCUT2D eigenvalue weighted by atomic mass is 10.3. The Morgan fingerprint density at radius 3 is 1.58 bits per heavy atom. The summed E-state index contributed by atoms with van der Waals surface area (Å²) in [6.45, 7) is 8.55. The second-order valence-electron chi connectivity index (χ2n) is 4.73. The monoisotopic (exact) mass is 310 g/mol. The molecule has 0 unspecified atom stereocenters. The van der Waals surface area contributed by atoms with Crippen molar-refractivity contribution in [2.24, 2.45) is 0 Å². The van der Waals surface area contributed by atoms with Gasteiger partial charge < -0.3 is 13.3 Å². The molecule has 0 atom stereocenters. The van der Waals surface area contributed by atoms with Gasteiger partial charge in [0.25, 0.3) is 0 Å². The molecule has 116 valence electrons. The molecule has 0 fully saturated rings. The van der Waals surface area contributed by atoms with Gasteiger partial charge in [-0.1, -0.05) is 27.2 Å². The Morgan fingerprint density at radius 2 is 1.21 bits per heavy atom. The fraction of sp³-hybridized carbons (Fsp3) is 1.00. The summed E-state index contributed by atoms with van der Waals surface area (Å²) in [5, 5.41) is 0. The highest BCUT2D eigenvalue weighted by atomic mass is 35.5. The van der Waals surface area contributed by atoms with Crippen LogP contribution in [0.1, 0.15) is 59.3 Å². The maximum Gasteiger partial charge on any atom is 0.500 e. The molecule has 0 bridgehead atoms. The van der Waals surface area contributed by atoms with Gasteiger partial charge in [0, 0.05) is 31.7 Å². The van der Waals surface area contributed by atoms with Crippen molar-refractivity contribution < 1.29 is 13.3 Å². The smallest absolute Gasteiger partial charge is 0.373 e. The highest BCUT2D eigenvalue weighted by Crippen LogP contribution is 2.21. The summed E-state index contributed by atoms with van der Waals surface area (Å²) in [5.74, 6) is 0.732. The average Bonchev–Trinajstić information content (AvgIpc) is 2.44.